The van der Waals surface area contributed by atoms with Crippen molar-refractivity contribution in [1.82, 2.24) is 25.0 Å². The second-order valence-corrected chi connectivity index (χ2v) is 10.5. The number of piperazine rings is 1. The molecule has 2 amide bonds. The van der Waals surface area contributed by atoms with Gasteiger partial charge in [0.2, 0.25) is 0 Å². The maximum atomic E-state index is 13.2. The van der Waals surface area contributed by atoms with E-state index >= 15 is 0 Å². The van der Waals surface area contributed by atoms with Crippen LogP contribution >= 0.6 is 11.3 Å². The number of carbonyl (C=O) groups excluding carboxylic acids is 2. The molecule has 39 heavy (non-hydrogen) atoms. The van der Waals surface area contributed by atoms with Gasteiger partial charge in [-0.2, -0.15) is 4.68 Å². The molecular weight excluding hydrogens is 518 g/mol. The van der Waals surface area contributed by atoms with Crippen LogP contribution in [0.1, 0.15) is 25.6 Å². The van der Waals surface area contributed by atoms with Gasteiger partial charge in [-0.1, -0.05) is 30.3 Å². The smallest absolute Gasteiger partial charge is 0.433 e. The van der Waals surface area contributed by atoms with Crippen LogP contribution in [0.5, 0.6) is 0 Å². The van der Waals surface area contributed by atoms with E-state index in [1.165, 1.54) is 0 Å². The molecule has 0 unspecified atom stereocenters. The minimum atomic E-state index is -1.31. The number of fused-ring (bicyclic) bond motifs is 1. The van der Waals surface area contributed by atoms with E-state index < -0.39 is 17.9 Å². The maximum absolute atomic E-state index is 13.2. The summed E-state index contributed by atoms with van der Waals surface area (Å²) in [4.78, 5) is 43.1. The number of benzene rings is 2. The number of nitrogens with zero attached hydrogens (tertiary/aromatic N) is 5. The molecule has 5 rings (SSSR count). The van der Waals surface area contributed by atoms with Gasteiger partial charge in [0.15, 0.2) is 5.82 Å². The van der Waals surface area contributed by atoms with Crippen LogP contribution in [0.25, 0.3) is 10.2 Å². The van der Waals surface area contributed by atoms with Crippen LogP contribution in [0.2, 0.25) is 0 Å². The first kappa shape index (κ1) is 26.4. The Labute approximate surface area is 229 Å². The number of rotatable bonds is 7. The molecule has 0 saturated carbocycles. The van der Waals surface area contributed by atoms with Crippen molar-refractivity contribution in [3.63, 3.8) is 0 Å². The van der Waals surface area contributed by atoms with Gasteiger partial charge in [0, 0.05) is 45.3 Å². The summed E-state index contributed by atoms with van der Waals surface area (Å²) in [5, 5.41) is 18.5. The van der Waals surface area contributed by atoms with Gasteiger partial charge in [-0.3, -0.25) is 24.9 Å². The summed E-state index contributed by atoms with van der Waals surface area (Å²) in [7, 11) is 3.82. The number of carboxylic acid groups (broad SMARTS) is 1. The fourth-order valence-corrected chi connectivity index (χ4v) is 5.41. The standard InChI is InChI=1S/C27H29N7O4S/c1-31-11-13-33(14-12-31)17-18-7-6-8-19(15-18)24(35)28-23-21-16-22(39-26(21)34(29-23)27(37)38)25(36)30-32(2)20-9-4-3-5-10-20/h3-10,15-16H,11-14,17H2,1-2H3,(H,30,36)(H,37,38)(H,28,29,35). The van der Waals surface area contributed by atoms with Gasteiger partial charge >= 0.3 is 6.09 Å². The largest absolute Gasteiger partial charge is 0.463 e. The molecule has 3 heterocycles. The number of hydrogen-bond acceptors (Lipinski definition) is 8. The minimum absolute atomic E-state index is 0.0774. The second kappa shape index (κ2) is 11.2. The third-order valence-corrected chi connectivity index (χ3v) is 7.71. The van der Waals surface area contributed by atoms with Crippen LogP contribution in [-0.2, 0) is 6.54 Å². The Morgan fingerprint density at radius 3 is 2.46 bits per heavy atom. The highest BCUT2D eigenvalue weighted by Crippen LogP contribution is 2.32. The minimum Gasteiger partial charge on any atom is -0.463 e. The van der Waals surface area contributed by atoms with Gasteiger partial charge in [0.25, 0.3) is 11.8 Å². The highest BCUT2D eigenvalue weighted by atomic mass is 32.1. The number of nitrogens with one attached hydrogen (secondary N) is 2. The molecule has 1 saturated heterocycles. The molecule has 12 heteroatoms. The van der Waals surface area contributed by atoms with E-state index in [-0.39, 0.29) is 15.5 Å². The van der Waals surface area contributed by atoms with Crippen molar-refractivity contribution in [3.8, 4) is 0 Å². The third kappa shape index (κ3) is 5.93. The van der Waals surface area contributed by atoms with Gasteiger partial charge in [-0.15, -0.1) is 16.4 Å². The van der Waals surface area contributed by atoms with Gasteiger partial charge in [0.05, 0.1) is 16.0 Å². The van der Waals surface area contributed by atoms with E-state index in [2.05, 4.69) is 32.7 Å². The number of para-hydroxylation sites is 1. The molecule has 4 aromatic rings. The number of anilines is 2. The van der Waals surface area contributed by atoms with Gasteiger partial charge in [-0.25, -0.2) is 4.79 Å². The SMILES string of the molecule is CN1CCN(Cc2cccc(C(=O)Nc3nn(C(=O)O)c4sc(C(=O)NN(C)c5ccccc5)cc34)c2)CC1. The van der Waals surface area contributed by atoms with Crippen molar-refractivity contribution in [2.24, 2.45) is 0 Å². The van der Waals surface area contributed by atoms with Crippen molar-refractivity contribution in [2.75, 3.05) is 50.6 Å². The van der Waals surface area contributed by atoms with Crippen LogP contribution in [-0.4, -0.2) is 82.9 Å². The summed E-state index contributed by atoms with van der Waals surface area (Å²) in [6.07, 6.45) is -1.31. The van der Waals surface area contributed by atoms with Gasteiger partial charge in [-0.05, 0) is 42.9 Å². The summed E-state index contributed by atoms with van der Waals surface area (Å²) in [5.41, 5.74) is 5.02. The van der Waals surface area contributed by atoms with Gasteiger partial charge in [0.1, 0.15) is 4.83 Å². The van der Waals surface area contributed by atoms with Crippen molar-refractivity contribution < 1.29 is 19.5 Å². The highest BCUT2D eigenvalue weighted by Gasteiger charge is 2.23. The monoisotopic (exact) mass is 547 g/mol. The Morgan fingerprint density at radius 2 is 1.74 bits per heavy atom. The molecule has 0 spiro atoms. The van der Waals surface area contributed by atoms with E-state index in [1.807, 2.05) is 48.5 Å². The molecule has 2 aromatic carbocycles. The molecular formula is C27H29N7O4S. The first-order valence-electron chi connectivity index (χ1n) is 12.5. The quantitative estimate of drug-likeness (QED) is 0.301. The molecule has 0 radical (unpaired) electrons. The summed E-state index contributed by atoms with van der Waals surface area (Å²) in [6.45, 7) is 4.68. The molecule has 1 aliphatic heterocycles. The number of hydrogen-bond donors (Lipinski definition) is 3. The summed E-state index contributed by atoms with van der Waals surface area (Å²) in [6, 6.07) is 18.2. The molecule has 2 aromatic heterocycles. The molecule has 202 valence electrons. The highest BCUT2D eigenvalue weighted by molar-refractivity contribution is 7.20. The molecule has 1 fully saturated rings. The summed E-state index contributed by atoms with van der Waals surface area (Å²) in [5.74, 6) is -0.741. The lowest BCUT2D eigenvalue weighted by atomic mass is 10.1. The number of amides is 2. The molecule has 11 nitrogen and oxygen atoms in total. The lowest BCUT2D eigenvalue weighted by Crippen LogP contribution is -2.43. The Hall–Kier alpha value is -4.26. The summed E-state index contributed by atoms with van der Waals surface area (Å²) >= 11 is 0.984. The zero-order valence-electron chi connectivity index (χ0n) is 21.6. The lowest BCUT2D eigenvalue weighted by molar-refractivity contribution is 0.0954. The zero-order chi connectivity index (χ0) is 27.5. The van der Waals surface area contributed by atoms with Crippen molar-refractivity contribution in [3.05, 3.63) is 76.7 Å². The Morgan fingerprint density at radius 1 is 1.00 bits per heavy atom. The Kier molecular flexibility index (Phi) is 7.59. The molecule has 0 atom stereocenters. The van der Waals surface area contributed by atoms with Crippen molar-refractivity contribution in [1.29, 1.82) is 0 Å². The van der Waals surface area contributed by atoms with Gasteiger partial charge < -0.3 is 15.3 Å². The number of hydrazine groups is 1. The predicted octanol–water partition coefficient (Wildman–Crippen LogP) is 3.40. The van der Waals surface area contributed by atoms with E-state index in [1.54, 1.807) is 24.2 Å². The number of carbonyl (C=O) groups is 3. The molecule has 0 bridgehead atoms. The first-order chi connectivity index (χ1) is 18.8. The molecule has 0 aliphatic carbocycles. The normalized spacial score (nSPS) is 14.3. The predicted molar refractivity (Wildman–Crippen MR) is 151 cm³/mol. The van der Waals surface area contributed by atoms with E-state index in [0.29, 0.717) is 10.9 Å². The van der Waals surface area contributed by atoms with E-state index in [4.69, 9.17) is 0 Å². The fourth-order valence-electron chi connectivity index (χ4n) is 4.42. The van der Waals surface area contributed by atoms with E-state index in [0.717, 1.165) is 60.0 Å². The fraction of sp³-hybridized carbons (Fsp3) is 0.259. The topological polar surface area (TPSA) is 123 Å². The van der Waals surface area contributed by atoms with Crippen LogP contribution in [0.4, 0.5) is 16.3 Å². The molecule has 3 N–H and O–H groups in total. The molecule has 1 aliphatic rings. The Bertz CT molecular complexity index is 1510. The van der Waals surface area contributed by atoms with Crippen LogP contribution in [0.15, 0.2) is 60.7 Å². The van der Waals surface area contributed by atoms with Crippen LogP contribution < -0.4 is 15.8 Å². The van der Waals surface area contributed by atoms with Crippen molar-refractivity contribution in [2.45, 2.75) is 6.54 Å². The van der Waals surface area contributed by atoms with Crippen molar-refractivity contribution >= 4 is 51.0 Å². The second-order valence-electron chi connectivity index (χ2n) is 9.44. The number of thiophene rings is 1. The van der Waals surface area contributed by atoms with E-state index in [9.17, 15) is 19.5 Å². The van der Waals surface area contributed by atoms with Crippen LogP contribution in [0, 0.1) is 0 Å². The number of likely N-dealkylation sites (N-methyl/N-ethyl adjacent to an activating group) is 1. The average molecular weight is 548 g/mol. The Balaban J connectivity index is 1.34. The lowest BCUT2D eigenvalue weighted by Gasteiger charge is -2.32. The summed E-state index contributed by atoms with van der Waals surface area (Å²) < 4.78 is 0.775. The maximum Gasteiger partial charge on any atom is 0.433 e. The van der Waals surface area contributed by atoms with Crippen LogP contribution in [0.3, 0.4) is 0 Å². The average Bonchev–Trinajstić information content (AvgIpc) is 3.51. The number of aromatic nitrogens is 2. The zero-order valence-corrected chi connectivity index (χ0v) is 22.4. The first-order valence-corrected chi connectivity index (χ1v) is 13.3. The third-order valence-electron chi connectivity index (χ3n) is 6.60.